The van der Waals surface area contributed by atoms with Crippen LogP contribution in [0.15, 0.2) is 41.0 Å². The van der Waals surface area contributed by atoms with Gasteiger partial charge in [0.15, 0.2) is 0 Å². The van der Waals surface area contributed by atoms with Crippen molar-refractivity contribution in [3.05, 3.63) is 51.4 Å². The fourth-order valence-corrected chi connectivity index (χ4v) is 3.34. The van der Waals surface area contributed by atoms with Crippen molar-refractivity contribution >= 4 is 54.8 Å². The number of nitrogens with two attached hydrogens (primary N) is 1. The predicted octanol–water partition coefficient (Wildman–Crippen LogP) is 4.20. The Balaban J connectivity index is 1.97. The quantitative estimate of drug-likeness (QED) is 0.718. The number of nitrogens with zero attached hydrogens (tertiary/aromatic N) is 1. The molecular formula is C15H12BrN3OS. The number of aryl methyl sites for hydroxylation is 1. The van der Waals surface area contributed by atoms with Crippen LogP contribution in [0.4, 0.5) is 11.4 Å². The Kier molecular flexibility index (Phi) is 3.65. The molecule has 0 unspecified atom stereocenters. The molecule has 0 saturated heterocycles. The first-order valence-electron chi connectivity index (χ1n) is 6.27. The molecule has 0 bridgehead atoms. The number of carbonyl (C=O) groups is 1. The third kappa shape index (κ3) is 2.64. The first-order chi connectivity index (χ1) is 10.1. The molecule has 1 amide bonds. The molecule has 0 spiro atoms. The van der Waals surface area contributed by atoms with Gasteiger partial charge in [0.1, 0.15) is 9.71 Å². The highest BCUT2D eigenvalue weighted by atomic mass is 79.9. The van der Waals surface area contributed by atoms with Crippen molar-refractivity contribution in [3.8, 4) is 0 Å². The first-order valence-corrected chi connectivity index (χ1v) is 7.87. The third-order valence-corrected chi connectivity index (χ3v) is 4.90. The number of hydrogen-bond acceptors (Lipinski definition) is 4. The maximum atomic E-state index is 12.4. The molecule has 0 aliphatic heterocycles. The lowest BCUT2D eigenvalue weighted by Gasteiger charge is -2.07. The van der Waals surface area contributed by atoms with Gasteiger partial charge >= 0.3 is 0 Å². The van der Waals surface area contributed by atoms with Crippen molar-refractivity contribution in [2.24, 2.45) is 0 Å². The standard InChI is InChI=1S/C15H12BrN3OS/c1-8-4-5-10(16)11(7-8)19-14(20)13-12(17)9-3-2-6-18-15(9)21-13/h2-7H,17H2,1H3,(H,19,20). The molecule has 1 aromatic carbocycles. The molecule has 0 aliphatic carbocycles. The van der Waals surface area contributed by atoms with E-state index >= 15 is 0 Å². The minimum atomic E-state index is -0.221. The summed E-state index contributed by atoms with van der Waals surface area (Å²) in [6.45, 7) is 1.97. The second-order valence-electron chi connectivity index (χ2n) is 4.64. The van der Waals surface area contributed by atoms with Crippen molar-refractivity contribution in [3.63, 3.8) is 0 Å². The minimum absolute atomic E-state index is 0.221. The zero-order chi connectivity index (χ0) is 15.0. The Labute approximate surface area is 134 Å². The van der Waals surface area contributed by atoms with Gasteiger partial charge in [-0.25, -0.2) is 4.98 Å². The van der Waals surface area contributed by atoms with Gasteiger partial charge in [0.25, 0.3) is 5.91 Å². The monoisotopic (exact) mass is 361 g/mol. The van der Waals surface area contributed by atoms with Gasteiger partial charge in [-0.1, -0.05) is 6.07 Å². The average Bonchev–Trinajstić information content (AvgIpc) is 2.81. The van der Waals surface area contributed by atoms with E-state index in [1.54, 1.807) is 6.20 Å². The van der Waals surface area contributed by atoms with Crippen molar-refractivity contribution in [2.75, 3.05) is 11.1 Å². The molecule has 6 heteroatoms. The Hall–Kier alpha value is -1.92. The number of carbonyl (C=O) groups excluding carboxylic acids is 1. The summed E-state index contributed by atoms with van der Waals surface area (Å²) < 4.78 is 0.833. The summed E-state index contributed by atoms with van der Waals surface area (Å²) in [6, 6.07) is 9.46. The maximum Gasteiger partial charge on any atom is 0.267 e. The van der Waals surface area contributed by atoms with Crippen LogP contribution in [-0.2, 0) is 0 Å². The van der Waals surface area contributed by atoms with Crippen molar-refractivity contribution in [1.82, 2.24) is 4.98 Å². The van der Waals surface area contributed by atoms with Crippen LogP contribution in [0.2, 0.25) is 0 Å². The summed E-state index contributed by atoms with van der Waals surface area (Å²) in [5.41, 5.74) is 8.33. The van der Waals surface area contributed by atoms with Crippen molar-refractivity contribution < 1.29 is 4.79 Å². The van der Waals surface area contributed by atoms with E-state index in [2.05, 4.69) is 26.2 Å². The molecule has 2 aromatic heterocycles. The van der Waals surface area contributed by atoms with Crippen LogP contribution in [0.1, 0.15) is 15.2 Å². The van der Waals surface area contributed by atoms with E-state index in [0.29, 0.717) is 10.6 Å². The number of rotatable bonds is 2. The molecule has 0 saturated carbocycles. The van der Waals surface area contributed by atoms with Crippen molar-refractivity contribution in [2.45, 2.75) is 6.92 Å². The first kappa shape index (κ1) is 14.0. The van der Waals surface area contributed by atoms with Gasteiger partial charge in [0, 0.05) is 16.1 Å². The van der Waals surface area contributed by atoms with Crippen LogP contribution in [0.3, 0.4) is 0 Å². The zero-order valence-corrected chi connectivity index (χ0v) is 13.6. The number of anilines is 2. The Morgan fingerprint density at radius 1 is 1.38 bits per heavy atom. The van der Waals surface area contributed by atoms with Crippen LogP contribution in [0.25, 0.3) is 10.2 Å². The topological polar surface area (TPSA) is 68.0 Å². The largest absolute Gasteiger partial charge is 0.397 e. The molecule has 2 heterocycles. The summed E-state index contributed by atoms with van der Waals surface area (Å²) in [5.74, 6) is -0.221. The molecule has 21 heavy (non-hydrogen) atoms. The van der Waals surface area contributed by atoms with Gasteiger partial charge < -0.3 is 11.1 Å². The van der Waals surface area contributed by atoms with Gasteiger partial charge in [0.2, 0.25) is 0 Å². The maximum absolute atomic E-state index is 12.4. The van der Waals surface area contributed by atoms with Crippen LogP contribution in [-0.4, -0.2) is 10.9 Å². The number of pyridine rings is 1. The zero-order valence-electron chi connectivity index (χ0n) is 11.2. The molecule has 106 valence electrons. The number of thiophene rings is 1. The fraction of sp³-hybridized carbons (Fsp3) is 0.0667. The fourth-order valence-electron chi connectivity index (χ4n) is 2.03. The average molecular weight is 362 g/mol. The smallest absolute Gasteiger partial charge is 0.267 e. The molecular weight excluding hydrogens is 350 g/mol. The van der Waals surface area contributed by atoms with Gasteiger partial charge in [-0.15, -0.1) is 11.3 Å². The third-order valence-electron chi connectivity index (χ3n) is 3.08. The van der Waals surface area contributed by atoms with Gasteiger partial charge in [-0.3, -0.25) is 4.79 Å². The lowest BCUT2D eigenvalue weighted by molar-refractivity contribution is 0.103. The summed E-state index contributed by atoms with van der Waals surface area (Å²) >= 11 is 4.73. The molecule has 3 aromatic rings. The van der Waals surface area contributed by atoms with Gasteiger partial charge in [-0.05, 0) is 52.7 Å². The van der Waals surface area contributed by atoms with E-state index in [9.17, 15) is 4.79 Å². The second kappa shape index (κ2) is 5.46. The van der Waals surface area contributed by atoms with Crippen LogP contribution in [0.5, 0.6) is 0 Å². The van der Waals surface area contributed by atoms with E-state index in [0.717, 1.165) is 25.9 Å². The molecule has 0 radical (unpaired) electrons. The Morgan fingerprint density at radius 3 is 2.95 bits per heavy atom. The highest BCUT2D eigenvalue weighted by molar-refractivity contribution is 9.10. The summed E-state index contributed by atoms with van der Waals surface area (Å²) in [7, 11) is 0. The number of benzene rings is 1. The molecule has 3 rings (SSSR count). The summed E-state index contributed by atoms with van der Waals surface area (Å²) in [4.78, 5) is 17.9. The number of halogens is 1. The number of aromatic nitrogens is 1. The number of nitrogens with one attached hydrogen (secondary N) is 1. The lowest BCUT2D eigenvalue weighted by Crippen LogP contribution is -2.12. The highest BCUT2D eigenvalue weighted by Gasteiger charge is 2.17. The number of fused-ring (bicyclic) bond motifs is 1. The van der Waals surface area contributed by atoms with E-state index in [-0.39, 0.29) is 5.91 Å². The molecule has 0 fully saturated rings. The van der Waals surface area contributed by atoms with Gasteiger partial charge in [0.05, 0.1) is 11.4 Å². The highest BCUT2D eigenvalue weighted by Crippen LogP contribution is 2.33. The number of hydrogen-bond donors (Lipinski definition) is 2. The lowest BCUT2D eigenvalue weighted by atomic mass is 10.2. The van der Waals surface area contributed by atoms with E-state index < -0.39 is 0 Å². The SMILES string of the molecule is Cc1ccc(Br)c(NC(=O)c2sc3ncccc3c2N)c1. The van der Waals surface area contributed by atoms with E-state index in [1.807, 2.05) is 37.3 Å². The Morgan fingerprint density at radius 2 is 2.19 bits per heavy atom. The molecule has 3 N–H and O–H groups in total. The molecule has 0 aliphatic rings. The number of nitrogen functional groups attached to an aromatic ring is 1. The van der Waals surface area contributed by atoms with Crippen LogP contribution < -0.4 is 11.1 Å². The molecule has 4 nitrogen and oxygen atoms in total. The minimum Gasteiger partial charge on any atom is -0.397 e. The van der Waals surface area contributed by atoms with Crippen molar-refractivity contribution in [1.29, 1.82) is 0 Å². The van der Waals surface area contributed by atoms with E-state index in [4.69, 9.17) is 5.73 Å². The molecule has 0 atom stereocenters. The Bertz CT molecular complexity index is 844. The van der Waals surface area contributed by atoms with Crippen LogP contribution in [0, 0.1) is 6.92 Å². The summed E-state index contributed by atoms with van der Waals surface area (Å²) in [6.07, 6.45) is 1.69. The van der Waals surface area contributed by atoms with Gasteiger partial charge in [-0.2, -0.15) is 0 Å². The normalized spacial score (nSPS) is 10.8. The number of amides is 1. The van der Waals surface area contributed by atoms with E-state index in [1.165, 1.54) is 11.3 Å². The second-order valence-corrected chi connectivity index (χ2v) is 6.49. The predicted molar refractivity (Wildman–Crippen MR) is 90.9 cm³/mol. The summed E-state index contributed by atoms with van der Waals surface area (Å²) in [5, 5.41) is 3.70. The van der Waals surface area contributed by atoms with Crippen LogP contribution >= 0.6 is 27.3 Å².